The molecule has 0 atom stereocenters. The van der Waals surface area contributed by atoms with E-state index >= 15 is 0 Å². The van der Waals surface area contributed by atoms with E-state index in [1.165, 1.54) is 18.2 Å². The lowest BCUT2D eigenvalue weighted by atomic mass is 10.1. The minimum atomic E-state index is -0.430. The third-order valence-corrected chi connectivity index (χ3v) is 4.98. The molecule has 5 nitrogen and oxygen atoms in total. The number of benzene rings is 2. The SMILES string of the molecule is Cc1ccccc1-c1nnc2n1N(C(=O)c1cccc(F)c1)CCS2. The largest absolute Gasteiger partial charge is 0.272 e. The summed E-state index contributed by atoms with van der Waals surface area (Å²) in [7, 11) is 0. The van der Waals surface area contributed by atoms with Crippen molar-refractivity contribution in [3.8, 4) is 11.4 Å². The lowest BCUT2D eigenvalue weighted by Gasteiger charge is -2.29. The van der Waals surface area contributed by atoms with Gasteiger partial charge in [-0.15, -0.1) is 10.2 Å². The molecule has 0 bridgehead atoms. The molecule has 1 aliphatic rings. The van der Waals surface area contributed by atoms with Crippen molar-refractivity contribution < 1.29 is 9.18 Å². The summed E-state index contributed by atoms with van der Waals surface area (Å²) in [5.74, 6) is 0.633. The molecular weight excluding hydrogens is 339 g/mol. The molecule has 2 heterocycles. The second kappa shape index (κ2) is 6.33. The van der Waals surface area contributed by atoms with Gasteiger partial charge in [-0.05, 0) is 30.7 Å². The van der Waals surface area contributed by atoms with Gasteiger partial charge < -0.3 is 0 Å². The fraction of sp³-hybridized carbons (Fsp3) is 0.167. The molecule has 7 heteroatoms. The van der Waals surface area contributed by atoms with Crippen LogP contribution in [-0.2, 0) is 0 Å². The van der Waals surface area contributed by atoms with Gasteiger partial charge >= 0.3 is 0 Å². The quantitative estimate of drug-likeness (QED) is 0.709. The first-order valence-corrected chi connectivity index (χ1v) is 8.85. The molecule has 0 spiro atoms. The van der Waals surface area contributed by atoms with Crippen molar-refractivity contribution in [1.29, 1.82) is 0 Å². The maximum atomic E-state index is 13.5. The van der Waals surface area contributed by atoms with Crippen LogP contribution in [-0.4, -0.2) is 33.1 Å². The van der Waals surface area contributed by atoms with Crippen LogP contribution in [0.4, 0.5) is 4.39 Å². The summed E-state index contributed by atoms with van der Waals surface area (Å²) < 4.78 is 15.3. The summed E-state index contributed by atoms with van der Waals surface area (Å²) in [6.07, 6.45) is 0. The zero-order valence-corrected chi connectivity index (χ0v) is 14.3. The Labute approximate surface area is 148 Å². The number of nitrogens with zero attached hydrogens (tertiary/aromatic N) is 4. The Kier molecular flexibility index (Phi) is 4.01. The van der Waals surface area contributed by atoms with Crippen LogP contribution in [0.25, 0.3) is 11.4 Å². The average Bonchev–Trinajstić information content (AvgIpc) is 3.05. The number of amides is 1. The van der Waals surface area contributed by atoms with E-state index in [1.807, 2.05) is 31.2 Å². The molecule has 126 valence electrons. The highest BCUT2D eigenvalue weighted by molar-refractivity contribution is 7.99. The van der Waals surface area contributed by atoms with Gasteiger partial charge in [-0.2, -0.15) is 0 Å². The number of hydrogen-bond donors (Lipinski definition) is 0. The van der Waals surface area contributed by atoms with Crippen molar-refractivity contribution in [2.75, 3.05) is 17.3 Å². The fourth-order valence-electron chi connectivity index (χ4n) is 2.85. The Hall–Kier alpha value is -2.67. The lowest BCUT2D eigenvalue weighted by molar-refractivity contribution is 0.0956. The van der Waals surface area contributed by atoms with Gasteiger partial charge in [0.05, 0.1) is 6.54 Å². The Morgan fingerprint density at radius 3 is 2.80 bits per heavy atom. The lowest BCUT2D eigenvalue weighted by Crippen LogP contribution is -2.45. The number of halogens is 1. The van der Waals surface area contributed by atoms with Crippen LogP contribution in [0.5, 0.6) is 0 Å². The molecule has 0 unspecified atom stereocenters. The maximum Gasteiger partial charge on any atom is 0.272 e. The standard InChI is InChI=1S/C18H15FN4OS/c1-12-5-2-3-8-15(12)16-20-21-18-23(16)22(9-10-25-18)17(24)13-6-4-7-14(19)11-13/h2-8,11H,9-10H2,1H3. The van der Waals surface area contributed by atoms with E-state index in [0.29, 0.717) is 28.8 Å². The van der Waals surface area contributed by atoms with E-state index in [-0.39, 0.29) is 5.91 Å². The van der Waals surface area contributed by atoms with Crippen LogP contribution < -0.4 is 5.01 Å². The molecule has 3 aromatic rings. The van der Waals surface area contributed by atoms with E-state index in [1.54, 1.807) is 27.5 Å². The van der Waals surface area contributed by atoms with Gasteiger partial charge in [0.25, 0.3) is 5.91 Å². The summed E-state index contributed by atoms with van der Waals surface area (Å²) in [5, 5.41) is 10.8. The first kappa shape index (κ1) is 15.8. The van der Waals surface area contributed by atoms with Crippen molar-refractivity contribution in [1.82, 2.24) is 14.9 Å². The van der Waals surface area contributed by atoms with E-state index in [0.717, 1.165) is 11.1 Å². The molecule has 0 saturated carbocycles. The van der Waals surface area contributed by atoms with Crippen molar-refractivity contribution in [2.45, 2.75) is 12.1 Å². The number of thioether (sulfide) groups is 1. The second-order valence-corrected chi connectivity index (χ2v) is 6.78. The van der Waals surface area contributed by atoms with Crippen LogP contribution in [0, 0.1) is 12.7 Å². The highest BCUT2D eigenvalue weighted by Gasteiger charge is 2.29. The Balaban J connectivity index is 1.81. The molecule has 1 amide bonds. The highest BCUT2D eigenvalue weighted by atomic mass is 32.2. The highest BCUT2D eigenvalue weighted by Crippen LogP contribution is 2.29. The molecule has 0 fully saturated rings. The minimum absolute atomic E-state index is 0.268. The number of hydrogen-bond acceptors (Lipinski definition) is 4. The number of carbonyl (C=O) groups is 1. The van der Waals surface area contributed by atoms with Crippen molar-refractivity contribution in [3.05, 3.63) is 65.5 Å². The maximum absolute atomic E-state index is 13.5. The summed E-state index contributed by atoms with van der Waals surface area (Å²) in [5.41, 5.74) is 2.27. The zero-order chi connectivity index (χ0) is 17.4. The number of rotatable bonds is 2. The summed E-state index contributed by atoms with van der Waals surface area (Å²) in [4.78, 5) is 13.0. The third-order valence-electron chi connectivity index (χ3n) is 4.08. The van der Waals surface area contributed by atoms with Gasteiger partial charge in [0.1, 0.15) is 5.82 Å². The molecule has 0 aliphatic carbocycles. The molecule has 0 N–H and O–H groups in total. The normalized spacial score (nSPS) is 13.6. The van der Waals surface area contributed by atoms with Gasteiger partial charge in [-0.3, -0.25) is 4.79 Å². The molecule has 4 rings (SSSR count). The molecular formula is C18H15FN4OS. The number of aromatic nitrogens is 3. The molecule has 0 saturated heterocycles. The van der Waals surface area contributed by atoms with Crippen molar-refractivity contribution >= 4 is 17.7 Å². The molecule has 1 aliphatic heterocycles. The smallest absolute Gasteiger partial charge is 0.267 e. The Morgan fingerprint density at radius 2 is 2.00 bits per heavy atom. The van der Waals surface area contributed by atoms with Crippen LogP contribution >= 0.6 is 11.8 Å². The molecule has 0 radical (unpaired) electrons. The van der Waals surface area contributed by atoms with Crippen LogP contribution in [0.2, 0.25) is 0 Å². The summed E-state index contributed by atoms with van der Waals surface area (Å²) >= 11 is 1.55. The Morgan fingerprint density at radius 1 is 1.16 bits per heavy atom. The van der Waals surface area contributed by atoms with Gasteiger partial charge in [-0.1, -0.05) is 42.1 Å². The zero-order valence-electron chi connectivity index (χ0n) is 13.5. The first-order valence-electron chi connectivity index (χ1n) is 7.87. The average molecular weight is 354 g/mol. The number of aryl methyl sites for hydroxylation is 1. The second-order valence-electron chi connectivity index (χ2n) is 5.72. The monoisotopic (exact) mass is 354 g/mol. The number of carbonyl (C=O) groups excluding carboxylic acids is 1. The van der Waals surface area contributed by atoms with Crippen LogP contribution in [0.15, 0.2) is 53.7 Å². The predicted molar refractivity (Wildman–Crippen MR) is 94.7 cm³/mol. The van der Waals surface area contributed by atoms with Crippen molar-refractivity contribution in [3.63, 3.8) is 0 Å². The summed E-state index contributed by atoms with van der Waals surface area (Å²) in [6.45, 7) is 2.50. The van der Waals surface area contributed by atoms with Gasteiger partial charge in [0.15, 0.2) is 5.82 Å². The molecule has 2 aromatic carbocycles. The summed E-state index contributed by atoms with van der Waals surface area (Å²) in [6, 6.07) is 13.6. The molecule has 25 heavy (non-hydrogen) atoms. The van der Waals surface area contributed by atoms with Crippen LogP contribution in [0.1, 0.15) is 15.9 Å². The van der Waals surface area contributed by atoms with Gasteiger partial charge in [0.2, 0.25) is 5.16 Å². The fourth-order valence-corrected chi connectivity index (χ4v) is 3.70. The number of fused-ring (bicyclic) bond motifs is 1. The first-order chi connectivity index (χ1) is 12.1. The molecule has 1 aromatic heterocycles. The minimum Gasteiger partial charge on any atom is -0.267 e. The van der Waals surface area contributed by atoms with E-state index in [2.05, 4.69) is 10.2 Å². The third kappa shape index (κ3) is 2.80. The van der Waals surface area contributed by atoms with E-state index in [9.17, 15) is 9.18 Å². The van der Waals surface area contributed by atoms with Gasteiger partial charge in [0, 0.05) is 16.9 Å². The van der Waals surface area contributed by atoms with Crippen molar-refractivity contribution in [2.24, 2.45) is 0 Å². The predicted octanol–water partition coefficient (Wildman–Crippen LogP) is 3.28. The topological polar surface area (TPSA) is 51.0 Å². The Bertz CT molecular complexity index is 956. The van der Waals surface area contributed by atoms with E-state index < -0.39 is 5.82 Å². The van der Waals surface area contributed by atoms with Gasteiger partial charge in [-0.25, -0.2) is 14.1 Å². The van der Waals surface area contributed by atoms with Crippen LogP contribution in [0.3, 0.4) is 0 Å². The van der Waals surface area contributed by atoms with E-state index in [4.69, 9.17) is 0 Å².